The molecule has 3 aromatic rings. The van der Waals surface area contributed by atoms with E-state index in [0.29, 0.717) is 22.1 Å². The third-order valence-electron chi connectivity index (χ3n) is 3.00. The van der Waals surface area contributed by atoms with Crippen molar-refractivity contribution in [2.45, 2.75) is 0 Å². The summed E-state index contributed by atoms with van der Waals surface area (Å²) < 4.78 is 5.66. The highest BCUT2D eigenvalue weighted by molar-refractivity contribution is 6.62. The minimum Gasteiger partial charge on any atom is -0.457 e. The average molecular weight is 239 g/mol. The lowest BCUT2D eigenvalue weighted by atomic mass is 9.79. The van der Waals surface area contributed by atoms with Crippen LogP contribution in [0.1, 0.15) is 0 Å². The van der Waals surface area contributed by atoms with Crippen molar-refractivity contribution in [2.75, 3.05) is 0 Å². The van der Waals surface area contributed by atoms with Gasteiger partial charge in [0.25, 0.3) is 0 Å². The zero-order valence-electron chi connectivity index (χ0n) is 9.37. The fraction of sp³-hybridized carbons (Fsp3) is 0. The Kier molecular flexibility index (Phi) is 2.63. The van der Waals surface area contributed by atoms with Crippen LogP contribution >= 0.6 is 0 Å². The van der Waals surface area contributed by atoms with Crippen LogP contribution in [0, 0.1) is 0 Å². The van der Waals surface area contributed by atoms with Gasteiger partial charge in [0.05, 0.1) is 0 Å². The number of rotatable bonds is 2. The predicted molar refractivity (Wildman–Crippen MR) is 71.2 cm³/mol. The number of furan rings is 1. The van der Waals surface area contributed by atoms with Crippen molar-refractivity contribution >= 4 is 47.5 Å². The molecule has 0 saturated carbocycles. The summed E-state index contributed by atoms with van der Waals surface area (Å²) in [5.74, 6) is 0. The topological polar surface area (TPSA) is 73.8 Å². The predicted octanol–water partition coefficient (Wildman–Crippen LogP) is -0.497. The van der Waals surface area contributed by atoms with Crippen molar-refractivity contribution in [3.63, 3.8) is 0 Å². The number of hydrogen-bond donors (Lipinski definition) is 3. The standard InChI is InChI=1S/C12H9B2O4/c15-13-9-5-1-3-7-8-4-2-6-10(14(16)17)12(8)18-11(7)9/h1-6,15-17H. The second-order valence-electron chi connectivity index (χ2n) is 4.05. The van der Waals surface area contributed by atoms with Crippen molar-refractivity contribution in [1.82, 2.24) is 0 Å². The van der Waals surface area contributed by atoms with Gasteiger partial charge in [-0.2, -0.15) is 0 Å². The van der Waals surface area contributed by atoms with Crippen LogP contribution in [-0.2, 0) is 0 Å². The molecule has 0 aliphatic rings. The van der Waals surface area contributed by atoms with Crippen LogP contribution in [0.5, 0.6) is 0 Å². The molecule has 1 radical (unpaired) electrons. The molecule has 0 atom stereocenters. The molecular formula is C12H9B2O4. The van der Waals surface area contributed by atoms with E-state index in [0.717, 1.165) is 18.3 Å². The Morgan fingerprint density at radius 2 is 1.61 bits per heavy atom. The summed E-state index contributed by atoms with van der Waals surface area (Å²) in [5, 5.41) is 29.4. The minimum absolute atomic E-state index is 0.313. The molecule has 4 nitrogen and oxygen atoms in total. The van der Waals surface area contributed by atoms with Gasteiger partial charge < -0.3 is 19.5 Å². The van der Waals surface area contributed by atoms with Crippen LogP contribution in [0.2, 0.25) is 0 Å². The Balaban J connectivity index is 2.46. The molecule has 6 heteroatoms. The van der Waals surface area contributed by atoms with Crippen LogP contribution in [0.3, 0.4) is 0 Å². The molecule has 0 amide bonds. The van der Waals surface area contributed by atoms with Crippen molar-refractivity contribution < 1.29 is 19.5 Å². The zero-order valence-corrected chi connectivity index (χ0v) is 9.37. The molecule has 0 saturated heterocycles. The maximum Gasteiger partial charge on any atom is 0.492 e. The molecule has 3 N–H and O–H groups in total. The van der Waals surface area contributed by atoms with E-state index in [4.69, 9.17) is 9.44 Å². The molecule has 0 spiro atoms. The molecule has 0 bridgehead atoms. The molecule has 2 aromatic carbocycles. The normalized spacial score (nSPS) is 11.1. The molecule has 0 unspecified atom stereocenters. The summed E-state index contributed by atoms with van der Waals surface area (Å²) in [6.45, 7) is 0. The van der Waals surface area contributed by atoms with E-state index in [2.05, 4.69) is 0 Å². The Labute approximate surface area is 104 Å². The van der Waals surface area contributed by atoms with Gasteiger partial charge in [0, 0.05) is 16.2 Å². The molecule has 1 heterocycles. The van der Waals surface area contributed by atoms with Gasteiger partial charge >= 0.3 is 14.6 Å². The lowest BCUT2D eigenvalue weighted by Crippen LogP contribution is -2.29. The molecule has 3 rings (SSSR count). The number of hydrogen-bond acceptors (Lipinski definition) is 4. The highest BCUT2D eigenvalue weighted by Gasteiger charge is 2.19. The van der Waals surface area contributed by atoms with E-state index >= 15 is 0 Å². The molecule has 1 aromatic heterocycles. The van der Waals surface area contributed by atoms with Crippen LogP contribution in [0.25, 0.3) is 21.9 Å². The van der Waals surface area contributed by atoms with Gasteiger partial charge in [-0.1, -0.05) is 36.4 Å². The minimum atomic E-state index is -1.59. The summed E-state index contributed by atoms with van der Waals surface area (Å²) >= 11 is 0. The first-order valence-corrected chi connectivity index (χ1v) is 5.50. The molecule has 0 fully saturated rings. The average Bonchev–Trinajstić information content (AvgIpc) is 2.76. The van der Waals surface area contributed by atoms with Crippen LogP contribution in [-0.4, -0.2) is 29.7 Å². The first-order chi connectivity index (χ1) is 8.72. The molecule has 18 heavy (non-hydrogen) atoms. The third-order valence-corrected chi connectivity index (χ3v) is 3.00. The smallest absolute Gasteiger partial charge is 0.457 e. The Morgan fingerprint density at radius 3 is 2.28 bits per heavy atom. The number of para-hydroxylation sites is 2. The van der Waals surface area contributed by atoms with Crippen molar-refractivity contribution in [3.05, 3.63) is 36.4 Å². The maximum atomic E-state index is 9.31. The molecule has 0 aliphatic heterocycles. The molecular weight excluding hydrogens is 230 g/mol. The fourth-order valence-electron chi connectivity index (χ4n) is 2.17. The van der Waals surface area contributed by atoms with Crippen LogP contribution < -0.4 is 10.9 Å². The quantitative estimate of drug-likeness (QED) is 0.527. The van der Waals surface area contributed by atoms with Crippen LogP contribution in [0.15, 0.2) is 40.8 Å². The van der Waals surface area contributed by atoms with E-state index < -0.39 is 7.12 Å². The lowest BCUT2D eigenvalue weighted by molar-refractivity contribution is 0.425. The van der Waals surface area contributed by atoms with Crippen molar-refractivity contribution in [1.29, 1.82) is 0 Å². The van der Waals surface area contributed by atoms with Crippen molar-refractivity contribution in [2.24, 2.45) is 0 Å². The Hall–Kier alpha value is -1.75. The summed E-state index contributed by atoms with van der Waals surface area (Å²) in [6, 6.07) is 10.6. The Morgan fingerprint density at radius 1 is 0.944 bits per heavy atom. The highest BCUT2D eigenvalue weighted by Crippen LogP contribution is 2.26. The molecule has 87 valence electrons. The lowest BCUT2D eigenvalue weighted by Gasteiger charge is -1.98. The fourth-order valence-corrected chi connectivity index (χ4v) is 2.17. The summed E-state index contributed by atoms with van der Waals surface area (Å²) in [4.78, 5) is 0. The summed E-state index contributed by atoms with van der Waals surface area (Å²) in [7, 11) is -0.615. The second-order valence-corrected chi connectivity index (χ2v) is 4.05. The van der Waals surface area contributed by atoms with Gasteiger partial charge in [-0.05, 0) is 5.46 Å². The van der Waals surface area contributed by atoms with Gasteiger partial charge in [-0.25, -0.2) is 0 Å². The largest absolute Gasteiger partial charge is 0.492 e. The van der Waals surface area contributed by atoms with Gasteiger partial charge in [-0.15, -0.1) is 0 Å². The Bertz CT molecular complexity index is 720. The third kappa shape index (κ3) is 1.54. The first-order valence-electron chi connectivity index (χ1n) is 5.50. The summed E-state index contributed by atoms with van der Waals surface area (Å²) in [5.41, 5.74) is 1.83. The number of benzene rings is 2. The monoisotopic (exact) mass is 239 g/mol. The number of fused-ring (bicyclic) bond motifs is 3. The SMILES string of the molecule is O[B]c1cccc2c1oc1c(B(O)O)cccc12. The summed E-state index contributed by atoms with van der Waals surface area (Å²) in [6.07, 6.45) is 0. The van der Waals surface area contributed by atoms with E-state index in [9.17, 15) is 10.0 Å². The zero-order chi connectivity index (χ0) is 12.7. The maximum absolute atomic E-state index is 9.31. The van der Waals surface area contributed by atoms with E-state index in [1.807, 2.05) is 12.1 Å². The van der Waals surface area contributed by atoms with Gasteiger partial charge in [-0.3, -0.25) is 0 Å². The molecule has 0 aliphatic carbocycles. The van der Waals surface area contributed by atoms with Gasteiger partial charge in [0.1, 0.15) is 11.2 Å². The van der Waals surface area contributed by atoms with Crippen molar-refractivity contribution in [3.8, 4) is 0 Å². The highest BCUT2D eigenvalue weighted by atomic mass is 16.4. The van der Waals surface area contributed by atoms with Gasteiger partial charge in [0.15, 0.2) is 0 Å². The second kappa shape index (κ2) is 4.17. The van der Waals surface area contributed by atoms with E-state index in [-0.39, 0.29) is 0 Å². The van der Waals surface area contributed by atoms with E-state index in [1.54, 1.807) is 24.3 Å². The van der Waals surface area contributed by atoms with Gasteiger partial charge in [0.2, 0.25) is 0 Å². The van der Waals surface area contributed by atoms with Crippen LogP contribution in [0.4, 0.5) is 0 Å². The van der Waals surface area contributed by atoms with E-state index in [1.165, 1.54) is 0 Å². The first kappa shape index (κ1) is 11.3.